The highest BCUT2D eigenvalue weighted by Crippen LogP contribution is 2.39. The van der Waals surface area contributed by atoms with Gasteiger partial charge in [0.15, 0.2) is 0 Å². The molecule has 3 heteroatoms. The second-order valence-electron chi connectivity index (χ2n) is 6.92. The Labute approximate surface area is 111 Å². The molecule has 0 spiro atoms. The van der Waals surface area contributed by atoms with Gasteiger partial charge in [0.25, 0.3) is 0 Å². The first-order valence-corrected chi connectivity index (χ1v) is 7.49. The molecule has 1 amide bonds. The molecule has 2 rings (SSSR count). The molecule has 0 saturated carbocycles. The second-order valence-corrected chi connectivity index (χ2v) is 6.92. The lowest BCUT2D eigenvalue weighted by Gasteiger charge is -2.39. The number of carbonyl (C=O) groups excluding carboxylic acids is 1. The number of hydrogen-bond acceptors (Lipinski definition) is 2. The molecule has 0 radical (unpaired) electrons. The van der Waals surface area contributed by atoms with E-state index in [1.54, 1.807) is 0 Å². The molecule has 18 heavy (non-hydrogen) atoms. The van der Waals surface area contributed by atoms with Crippen LogP contribution >= 0.6 is 0 Å². The third kappa shape index (κ3) is 2.71. The van der Waals surface area contributed by atoms with Crippen molar-refractivity contribution in [2.75, 3.05) is 26.2 Å². The minimum absolute atomic E-state index is 0.0551. The molecule has 2 heterocycles. The van der Waals surface area contributed by atoms with Crippen LogP contribution in [-0.4, -0.2) is 37.0 Å². The fourth-order valence-electron chi connectivity index (χ4n) is 3.58. The van der Waals surface area contributed by atoms with E-state index in [0.717, 1.165) is 58.3 Å². The van der Waals surface area contributed by atoms with Crippen LogP contribution in [0.3, 0.4) is 0 Å². The van der Waals surface area contributed by atoms with Crippen molar-refractivity contribution in [2.24, 2.45) is 10.8 Å². The monoisotopic (exact) mass is 252 g/mol. The summed E-state index contributed by atoms with van der Waals surface area (Å²) in [5.41, 5.74) is 0.260. The average molecular weight is 252 g/mol. The highest BCUT2D eigenvalue weighted by Gasteiger charge is 2.44. The first-order valence-electron chi connectivity index (χ1n) is 7.49. The maximum Gasteiger partial charge on any atom is 0.228 e. The van der Waals surface area contributed by atoms with Crippen molar-refractivity contribution in [1.82, 2.24) is 10.2 Å². The molecule has 0 unspecified atom stereocenters. The average Bonchev–Trinajstić information content (AvgIpc) is 2.70. The van der Waals surface area contributed by atoms with E-state index in [-0.39, 0.29) is 5.41 Å². The van der Waals surface area contributed by atoms with Crippen molar-refractivity contribution in [3.8, 4) is 0 Å². The van der Waals surface area contributed by atoms with Gasteiger partial charge in [0.05, 0.1) is 5.41 Å². The van der Waals surface area contributed by atoms with Gasteiger partial charge < -0.3 is 10.2 Å². The second kappa shape index (κ2) is 5.20. The summed E-state index contributed by atoms with van der Waals surface area (Å²) in [5, 5.41) is 3.39. The van der Waals surface area contributed by atoms with Crippen molar-refractivity contribution in [3.63, 3.8) is 0 Å². The molecule has 104 valence electrons. The molecule has 3 nitrogen and oxygen atoms in total. The van der Waals surface area contributed by atoms with Crippen LogP contribution in [0.5, 0.6) is 0 Å². The smallest absolute Gasteiger partial charge is 0.228 e. The minimum atomic E-state index is -0.0551. The summed E-state index contributed by atoms with van der Waals surface area (Å²) in [6, 6.07) is 0. The summed E-state index contributed by atoms with van der Waals surface area (Å²) in [6.07, 6.45) is 5.37. The first-order chi connectivity index (χ1) is 8.49. The fourth-order valence-corrected chi connectivity index (χ4v) is 3.58. The largest absolute Gasteiger partial charge is 0.342 e. The molecule has 2 aliphatic heterocycles. The highest BCUT2D eigenvalue weighted by atomic mass is 16.2. The molecular formula is C15H28N2O. The number of nitrogens with zero attached hydrogens (tertiary/aromatic N) is 1. The van der Waals surface area contributed by atoms with Crippen molar-refractivity contribution < 1.29 is 4.79 Å². The Balaban J connectivity index is 2.09. The third-order valence-electron chi connectivity index (χ3n) is 4.71. The normalized spacial score (nSPS) is 26.3. The van der Waals surface area contributed by atoms with Crippen LogP contribution in [0, 0.1) is 10.8 Å². The summed E-state index contributed by atoms with van der Waals surface area (Å²) >= 11 is 0. The molecule has 0 bridgehead atoms. The third-order valence-corrected chi connectivity index (χ3v) is 4.71. The lowest BCUT2D eigenvalue weighted by Crippen LogP contribution is -2.49. The lowest BCUT2D eigenvalue weighted by molar-refractivity contribution is -0.143. The van der Waals surface area contributed by atoms with E-state index in [1.165, 1.54) is 0 Å². The Hall–Kier alpha value is -0.570. The van der Waals surface area contributed by atoms with E-state index in [1.807, 2.05) is 0 Å². The molecule has 0 aliphatic carbocycles. The number of hydrogen-bond donors (Lipinski definition) is 1. The molecule has 0 aromatic carbocycles. The van der Waals surface area contributed by atoms with E-state index in [0.29, 0.717) is 11.3 Å². The SMILES string of the molecule is CCCC1(C(=O)N2CCC(C)(C)C2)CCNCC1. The van der Waals surface area contributed by atoms with Gasteiger partial charge in [-0.15, -0.1) is 0 Å². The molecule has 1 N–H and O–H groups in total. The Morgan fingerprint density at radius 1 is 1.22 bits per heavy atom. The van der Waals surface area contributed by atoms with Gasteiger partial charge >= 0.3 is 0 Å². The van der Waals surface area contributed by atoms with Crippen LogP contribution in [0.15, 0.2) is 0 Å². The maximum atomic E-state index is 12.9. The van der Waals surface area contributed by atoms with E-state index in [4.69, 9.17) is 0 Å². The van der Waals surface area contributed by atoms with Crippen LogP contribution in [0.25, 0.3) is 0 Å². The number of likely N-dealkylation sites (tertiary alicyclic amines) is 1. The zero-order chi connectivity index (χ0) is 13.2. The van der Waals surface area contributed by atoms with E-state index < -0.39 is 0 Å². The zero-order valence-corrected chi connectivity index (χ0v) is 12.2. The number of piperidine rings is 1. The van der Waals surface area contributed by atoms with Gasteiger partial charge in [-0.3, -0.25) is 4.79 Å². The Morgan fingerprint density at radius 2 is 1.89 bits per heavy atom. The number of nitrogens with one attached hydrogen (secondary N) is 1. The summed E-state index contributed by atoms with van der Waals surface area (Å²) in [5.74, 6) is 0.441. The predicted molar refractivity (Wildman–Crippen MR) is 74.4 cm³/mol. The Kier molecular flexibility index (Phi) is 4.00. The first kappa shape index (κ1) is 13.9. The molecule has 0 atom stereocenters. The lowest BCUT2D eigenvalue weighted by atomic mass is 9.74. The van der Waals surface area contributed by atoms with Crippen molar-refractivity contribution in [2.45, 2.75) is 52.9 Å². The van der Waals surface area contributed by atoms with Gasteiger partial charge in [-0.1, -0.05) is 27.2 Å². The highest BCUT2D eigenvalue weighted by molar-refractivity contribution is 5.83. The molecule has 2 fully saturated rings. The molecule has 0 aromatic heterocycles. The molecule has 0 aromatic rings. The van der Waals surface area contributed by atoms with Crippen LogP contribution in [0.4, 0.5) is 0 Å². The minimum Gasteiger partial charge on any atom is -0.342 e. The van der Waals surface area contributed by atoms with Gasteiger partial charge in [-0.2, -0.15) is 0 Å². The van der Waals surface area contributed by atoms with E-state index in [2.05, 4.69) is 31.0 Å². The summed E-state index contributed by atoms with van der Waals surface area (Å²) < 4.78 is 0. The predicted octanol–water partition coefficient (Wildman–Crippen LogP) is 2.41. The van der Waals surface area contributed by atoms with Gasteiger partial charge in [0.2, 0.25) is 5.91 Å². The van der Waals surface area contributed by atoms with Crippen molar-refractivity contribution >= 4 is 5.91 Å². The van der Waals surface area contributed by atoms with Gasteiger partial charge in [-0.25, -0.2) is 0 Å². The molecule has 2 saturated heterocycles. The summed E-state index contributed by atoms with van der Waals surface area (Å²) in [4.78, 5) is 15.0. The van der Waals surface area contributed by atoms with Crippen LogP contribution < -0.4 is 5.32 Å². The molecular weight excluding hydrogens is 224 g/mol. The van der Waals surface area contributed by atoms with Crippen LogP contribution in [0.2, 0.25) is 0 Å². The Bertz CT molecular complexity index is 300. The summed E-state index contributed by atoms with van der Waals surface area (Å²) in [7, 11) is 0. The maximum absolute atomic E-state index is 12.9. The van der Waals surface area contributed by atoms with E-state index in [9.17, 15) is 4.79 Å². The van der Waals surface area contributed by atoms with Gasteiger partial charge in [-0.05, 0) is 44.2 Å². The quantitative estimate of drug-likeness (QED) is 0.836. The number of carbonyl (C=O) groups is 1. The van der Waals surface area contributed by atoms with Crippen molar-refractivity contribution in [3.05, 3.63) is 0 Å². The Morgan fingerprint density at radius 3 is 2.39 bits per heavy atom. The topological polar surface area (TPSA) is 32.3 Å². The number of rotatable bonds is 3. The van der Waals surface area contributed by atoms with Crippen LogP contribution in [0.1, 0.15) is 52.9 Å². The fraction of sp³-hybridized carbons (Fsp3) is 0.933. The summed E-state index contributed by atoms with van der Waals surface area (Å²) in [6.45, 7) is 10.7. The van der Waals surface area contributed by atoms with Crippen LogP contribution in [-0.2, 0) is 4.79 Å². The number of amides is 1. The van der Waals surface area contributed by atoms with E-state index >= 15 is 0 Å². The van der Waals surface area contributed by atoms with Crippen molar-refractivity contribution in [1.29, 1.82) is 0 Å². The zero-order valence-electron chi connectivity index (χ0n) is 12.2. The van der Waals surface area contributed by atoms with Gasteiger partial charge in [0.1, 0.15) is 0 Å². The standard InChI is InChI=1S/C15H28N2O/c1-4-5-15(6-9-16-10-7-15)13(18)17-11-8-14(2,3)12-17/h16H,4-12H2,1-3H3. The molecule has 2 aliphatic rings. The van der Waals surface area contributed by atoms with Gasteiger partial charge in [0, 0.05) is 13.1 Å².